The van der Waals surface area contributed by atoms with Crippen molar-refractivity contribution in [2.24, 2.45) is 5.41 Å². The number of amides is 1. The summed E-state index contributed by atoms with van der Waals surface area (Å²) in [5, 5.41) is 19.0. The molecule has 0 aromatic heterocycles. The fourth-order valence-electron chi connectivity index (χ4n) is 3.66. The van der Waals surface area contributed by atoms with Crippen molar-refractivity contribution >= 4 is 17.8 Å². The van der Waals surface area contributed by atoms with Gasteiger partial charge in [0.25, 0.3) is 5.91 Å². The lowest BCUT2D eigenvalue weighted by atomic mass is 9.75. The van der Waals surface area contributed by atoms with Crippen molar-refractivity contribution in [3.8, 4) is 0 Å². The lowest BCUT2D eigenvalue weighted by molar-refractivity contribution is -0.151. The van der Waals surface area contributed by atoms with Gasteiger partial charge in [0.2, 0.25) is 0 Å². The second-order valence-corrected chi connectivity index (χ2v) is 7.10. The predicted molar refractivity (Wildman–Crippen MR) is 98.7 cm³/mol. The smallest absolute Gasteiger partial charge is 0.335 e. The van der Waals surface area contributed by atoms with Crippen molar-refractivity contribution in [1.82, 2.24) is 4.90 Å². The van der Waals surface area contributed by atoms with Crippen molar-refractivity contribution in [2.45, 2.75) is 19.3 Å². The van der Waals surface area contributed by atoms with E-state index in [1.165, 1.54) is 41.3 Å². The van der Waals surface area contributed by atoms with Gasteiger partial charge in [-0.1, -0.05) is 18.2 Å². The molecule has 0 radical (unpaired) electrons. The van der Waals surface area contributed by atoms with E-state index < -0.39 is 29.1 Å². The van der Waals surface area contributed by atoms with Crippen LogP contribution in [-0.4, -0.2) is 46.0 Å². The highest BCUT2D eigenvalue weighted by molar-refractivity contribution is 5.97. The van der Waals surface area contributed by atoms with Gasteiger partial charge in [-0.15, -0.1) is 0 Å². The highest BCUT2D eigenvalue weighted by Gasteiger charge is 2.43. The molecular weight excluding hydrogens is 365 g/mol. The van der Waals surface area contributed by atoms with Gasteiger partial charge in [-0.05, 0) is 55.2 Å². The number of nitrogens with zero attached hydrogens (tertiary/aromatic N) is 1. The molecule has 1 unspecified atom stereocenters. The predicted octanol–water partition coefficient (Wildman–Crippen LogP) is 3.07. The molecule has 0 bridgehead atoms. The highest BCUT2D eigenvalue weighted by atomic mass is 19.1. The van der Waals surface area contributed by atoms with Gasteiger partial charge in [0.1, 0.15) is 5.82 Å². The zero-order valence-corrected chi connectivity index (χ0v) is 15.1. The summed E-state index contributed by atoms with van der Waals surface area (Å²) in [6.45, 7) is 0.407. The van der Waals surface area contributed by atoms with Crippen molar-refractivity contribution < 1.29 is 29.0 Å². The number of rotatable bonds is 5. The molecule has 1 aliphatic rings. The molecule has 0 aliphatic carbocycles. The Morgan fingerprint density at radius 3 is 2.36 bits per heavy atom. The van der Waals surface area contributed by atoms with Crippen molar-refractivity contribution in [2.75, 3.05) is 13.1 Å². The molecular formula is C21H20FNO5. The van der Waals surface area contributed by atoms with Crippen LogP contribution in [-0.2, 0) is 11.2 Å². The van der Waals surface area contributed by atoms with Crippen LogP contribution in [0, 0.1) is 11.2 Å². The Labute approximate surface area is 161 Å². The number of carboxylic acids is 2. The molecule has 146 valence electrons. The standard InChI is InChI=1S/C21H20FNO5/c22-17-7-5-14(6-8-17)12-21(20(27)28)9-2-10-23(13-21)18(24)15-3-1-4-16(11-15)19(25)26/h1,3-8,11H,2,9-10,12-13H2,(H,25,26)(H,27,28). The summed E-state index contributed by atoms with van der Waals surface area (Å²) in [7, 11) is 0. The maximum Gasteiger partial charge on any atom is 0.335 e. The first-order chi connectivity index (χ1) is 13.3. The summed E-state index contributed by atoms with van der Waals surface area (Å²) in [6.07, 6.45) is 1.10. The Morgan fingerprint density at radius 2 is 1.71 bits per heavy atom. The molecule has 28 heavy (non-hydrogen) atoms. The minimum Gasteiger partial charge on any atom is -0.481 e. The molecule has 6 nitrogen and oxygen atoms in total. The Balaban J connectivity index is 1.84. The van der Waals surface area contributed by atoms with Crippen LogP contribution in [0.5, 0.6) is 0 Å². The third kappa shape index (κ3) is 4.03. The number of carboxylic acid groups (broad SMARTS) is 2. The van der Waals surface area contributed by atoms with Crippen LogP contribution in [0.25, 0.3) is 0 Å². The van der Waals surface area contributed by atoms with Gasteiger partial charge in [-0.25, -0.2) is 9.18 Å². The second kappa shape index (κ2) is 7.80. The number of carbonyl (C=O) groups excluding carboxylic acids is 1. The maximum atomic E-state index is 13.2. The lowest BCUT2D eigenvalue weighted by Crippen LogP contribution is -2.51. The van der Waals surface area contributed by atoms with Crippen molar-refractivity contribution in [1.29, 1.82) is 0 Å². The molecule has 1 atom stereocenters. The van der Waals surface area contributed by atoms with Gasteiger partial charge in [0, 0.05) is 18.7 Å². The van der Waals surface area contributed by atoms with Gasteiger partial charge in [-0.3, -0.25) is 9.59 Å². The van der Waals surface area contributed by atoms with Crippen LogP contribution in [0.4, 0.5) is 4.39 Å². The molecule has 7 heteroatoms. The summed E-state index contributed by atoms with van der Waals surface area (Å²) in [5.41, 5.74) is -0.275. The fraction of sp³-hybridized carbons (Fsp3) is 0.286. The van der Waals surface area contributed by atoms with E-state index in [1.54, 1.807) is 12.1 Å². The first-order valence-electron chi connectivity index (χ1n) is 8.91. The normalized spacial score (nSPS) is 19.2. The fourth-order valence-corrected chi connectivity index (χ4v) is 3.66. The summed E-state index contributed by atoms with van der Waals surface area (Å²) in [5.74, 6) is -2.93. The van der Waals surface area contributed by atoms with Gasteiger partial charge >= 0.3 is 11.9 Å². The zero-order chi connectivity index (χ0) is 20.3. The van der Waals surface area contributed by atoms with Gasteiger partial charge in [0.05, 0.1) is 11.0 Å². The number of aromatic carboxylic acids is 1. The van der Waals surface area contributed by atoms with E-state index in [1.807, 2.05) is 0 Å². The molecule has 1 heterocycles. The van der Waals surface area contributed by atoms with Gasteiger partial charge in [-0.2, -0.15) is 0 Å². The van der Waals surface area contributed by atoms with E-state index in [0.29, 0.717) is 24.9 Å². The van der Waals surface area contributed by atoms with E-state index in [4.69, 9.17) is 5.11 Å². The van der Waals surface area contributed by atoms with Crippen molar-refractivity contribution in [3.05, 3.63) is 71.0 Å². The van der Waals surface area contributed by atoms with Crippen LogP contribution in [0.15, 0.2) is 48.5 Å². The first-order valence-corrected chi connectivity index (χ1v) is 8.91. The van der Waals surface area contributed by atoms with Crippen molar-refractivity contribution in [3.63, 3.8) is 0 Å². The summed E-state index contributed by atoms with van der Waals surface area (Å²) in [6, 6.07) is 11.4. The molecule has 1 fully saturated rings. The Bertz CT molecular complexity index is 911. The molecule has 2 aromatic rings. The molecule has 2 aromatic carbocycles. The van der Waals surface area contributed by atoms with E-state index in [-0.39, 0.29) is 24.1 Å². The molecule has 1 amide bonds. The molecule has 0 spiro atoms. The number of hydrogen-bond acceptors (Lipinski definition) is 3. The van der Waals surface area contributed by atoms with Crippen LogP contribution >= 0.6 is 0 Å². The summed E-state index contributed by atoms with van der Waals surface area (Å²) < 4.78 is 13.2. The number of benzene rings is 2. The number of halogens is 1. The quantitative estimate of drug-likeness (QED) is 0.825. The molecule has 0 saturated carbocycles. The largest absolute Gasteiger partial charge is 0.481 e. The maximum absolute atomic E-state index is 13.2. The average Bonchev–Trinajstić information content (AvgIpc) is 2.69. The number of aliphatic carboxylic acids is 1. The van der Waals surface area contributed by atoms with E-state index in [2.05, 4.69) is 0 Å². The zero-order valence-electron chi connectivity index (χ0n) is 15.1. The second-order valence-electron chi connectivity index (χ2n) is 7.10. The third-order valence-electron chi connectivity index (χ3n) is 5.13. The summed E-state index contributed by atoms with van der Waals surface area (Å²) >= 11 is 0. The number of carbonyl (C=O) groups is 3. The Hall–Kier alpha value is -3.22. The SMILES string of the molecule is O=C(O)c1cccc(C(=O)N2CCCC(Cc3ccc(F)cc3)(C(=O)O)C2)c1. The minimum absolute atomic E-state index is 0.00123. The third-order valence-corrected chi connectivity index (χ3v) is 5.13. The van der Waals surface area contributed by atoms with Gasteiger partial charge in [0.15, 0.2) is 0 Å². The molecule has 1 aliphatic heterocycles. The van der Waals surface area contributed by atoms with Crippen LogP contribution in [0.2, 0.25) is 0 Å². The Morgan fingerprint density at radius 1 is 1.04 bits per heavy atom. The average molecular weight is 385 g/mol. The molecule has 2 N–H and O–H groups in total. The van der Waals surface area contributed by atoms with Gasteiger partial charge < -0.3 is 15.1 Å². The van der Waals surface area contributed by atoms with E-state index >= 15 is 0 Å². The number of likely N-dealkylation sites (tertiary alicyclic amines) is 1. The van der Waals surface area contributed by atoms with E-state index in [0.717, 1.165) is 0 Å². The lowest BCUT2D eigenvalue weighted by Gasteiger charge is -2.40. The van der Waals surface area contributed by atoms with Crippen LogP contribution < -0.4 is 0 Å². The van der Waals surface area contributed by atoms with Crippen LogP contribution in [0.1, 0.15) is 39.1 Å². The topological polar surface area (TPSA) is 94.9 Å². The minimum atomic E-state index is -1.17. The molecule has 3 rings (SSSR count). The van der Waals surface area contributed by atoms with E-state index in [9.17, 15) is 23.9 Å². The summed E-state index contributed by atoms with van der Waals surface area (Å²) in [4.78, 5) is 37.6. The Kier molecular flexibility index (Phi) is 5.44. The number of hydrogen-bond donors (Lipinski definition) is 2. The first kappa shape index (κ1) is 19.5. The highest BCUT2D eigenvalue weighted by Crippen LogP contribution is 2.35. The number of piperidine rings is 1. The monoisotopic (exact) mass is 385 g/mol. The molecule has 1 saturated heterocycles. The van der Waals surface area contributed by atoms with Crippen LogP contribution in [0.3, 0.4) is 0 Å².